The maximum atomic E-state index is 13.5. The number of methoxy groups -OCH3 is 1. The van der Waals surface area contributed by atoms with Crippen LogP contribution in [0.2, 0.25) is 0 Å². The van der Waals surface area contributed by atoms with Crippen LogP contribution in [0.4, 0.5) is 0 Å². The van der Waals surface area contributed by atoms with Gasteiger partial charge in [0.1, 0.15) is 0 Å². The van der Waals surface area contributed by atoms with E-state index in [-0.39, 0.29) is 12.1 Å². The fraction of sp³-hybridized carbons (Fsp3) is 0.647. The Hall–Kier alpha value is -0.750. The Kier molecular flexibility index (Phi) is 7.88. The molecule has 1 aliphatic rings. The summed E-state index contributed by atoms with van der Waals surface area (Å²) in [4.78, 5) is 0. The van der Waals surface area contributed by atoms with Crippen LogP contribution < -0.4 is 5.32 Å². The second kappa shape index (κ2) is 9.66. The Balaban J connectivity index is 2.33. The van der Waals surface area contributed by atoms with Gasteiger partial charge in [0.25, 0.3) is 0 Å². The average Bonchev–Trinajstić information content (AvgIpc) is 2.61. The topological polar surface area (TPSA) is 60.0 Å². The highest BCUT2D eigenvalue weighted by atomic mass is 31.2. The van der Waals surface area contributed by atoms with Gasteiger partial charge in [-0.3, -0.25) is 9.05 Å². The predicted molar refractivity (Wildman–Crippen MR) is 94.9 cm³/mol. The monoisotopic (exact) mass is 356 g/mol. The highest BCUT2D eigenvalue weighted by Gasteiger charge is 2.42. The van der Waals surface area contributed by atoms with E-state index in [4.69, 9.17) is 13.8 Å². The Morgan fingerprint density at radius 2 is 1.88 bits per heavy atom. The molecule has 1 N–H and O–H groups in total. The number of benzene rings is 1. The molecule has 1 saturated heterocycles. The molecule has 1 aromatic rings. The first-order valence-electron chi connectivity index (χ1n) is 8.58. The molecule has 0 saturated carbocycles. The molecule has 24 heavy (non-hydrogen) atoms. The van der Waals surface area contributed by atoms with Crippen LogP contribution in [-0.4, -0.2) is 50.2 Å². The second-order valence-corrected chi connectivity index (χ2v) is 7.69. The molecule has 0 spiro atoms. The van der Waals surface area contributed by atoms with Crippen molar-refractivity contribution in [1.29, 1.82) is 0 Å². The summed E-state index contributed by atoms with van der Waals surface area (Å²) in [6, 6.07) is 9.89. The van der Waals surface area contributed by atoms with Crippen molar-refractivity contribution in [3.63, 3.8) is 0 Å². The van der Waals surface area contributed by atoms with Crippen molar-refractivity contribution in [3.8, 4) is 0 Å². The summed E-state index contributed by atoms with van der Waals surface area (Å²) in [5.41, 5.74) is 1.07. The molecular formula is C17H29N2O4P. The Morgan fingerprint density at radius 1 is 1.21 bits per heavy atom. The van der Waals surface area contributed by atoms with Crippen LogP contribution in [-0.2, 0) is 24.9 Å². The molecule has 0 bridgehead atoms. The van der Waals surface area contributed by atoms with Crippen LogP contribution in [0.5, 0.6) is 0 Å². The van der Waals surface area contributed by atoms with Crippen molar-refractivity contribution in [2.75, 3.05) is 33.4 Å². The molecule has 0 aliphatic carbocycles. The minimum atomic E-state index is -3.40. The number of rotatable bonds is 9. The van der Waals surface area contributed by atoms with Crippen molar-refractivity contribution in [2.45, 2.75) is 39.0 Å². The molecule has 1 aliphatic heterocycles. The van der Waals surface area contributed by atoms with Gasteiger partial charge in [0.15, 0.2) is 0 Å². The summed E-state index contributed by atoms with van der Waals surface area (Å²) >= 11 is 0. The molecule has 2 atom stereocenters. The standard InChI is InChI=1S/C17H29N2O4P/c1-4-22-24(20,23-5-2)19(14-15-9-7-6-8-10-15)16-13-18-12-11-17(16)21-3/h6-10,16-18H,4-5,11-14H2,1-3H3. The minimum absolute atomic E-state index is 0.0100. The number of hydrogen-bond acceptors (Lipinski definition) is 5. The first-order chi connectivity index (χ1) is 11.6. The van der Waals surface area contributed by atoms with Crippen LogP contribution in [0.3, 0.4) is 0 Å². The van der Waals surface area contributed by atoms with Gasteiger partial charge in [0.2, 0.25) is 0 Å². The van der Waals surface area contributed by atoms with Crippen molar-refractivity contribution >= 4 is 7.75 Å². The lowest BCUT2D eigenvalue weighted by Gasteiger charge is -2.41. The van der Waals surface area contributed by atoms with Crippen LogP contribution in [0.1, 0.15) is 25.8 Å². The van der Waals surface area contributed by atoms with Gasteiger partial charge >= 0.3 is 7.75 Å². The van der Waals surface area contributed by atoms with Crippen molar-refractivity contribution in [1.82, 2.24) is 9.99 Å². The first-order valence-corrected chi connectivity index (χ1v) is 10.1. The molecule has 1 fully saturated rings. The second-order valence-electron chi connectivity index (χ2n) is 5.72. The summed E-state index contributed by atoms with van der Waals surface area (Å²) in [5, 5.41) is 3.37. The molecule has 2 rings (SSSR count). The Bertz CT molecular complexity index is 519. The number of ether oxygens (including phenoxy) is 1. The van der Waals surface area contributed by atoms with Crippen molar-refractivity contribution in [3.05, 3.63) is 35.9 Å². The molecular weight excluding hydrogens is 327 g/mol. The third-order valence-electron chi connectivity index (χ3n) is 4.16. The normalized spacial score (nSPS) is 22.0. The quantitative estimate of drug-likeness (QED) is 0.686. The van der Waals surface area contributed by atoms with E-state index in [1.165, 1.54) is 0 Å². The molecule has 1 heterocycles. The average molecular weight is 356 g/mol. The first kappa shape index (κ1) is 19.6. The zero-order chi connectivity index (χ0) is 17.4. The van der Waals surface area contributed by atoms with E-state index in [1.54, 1.807) is 7.11 Å². The predicted octanol–water partition coefficient (Wildman–Crippen LogP) is 3.05. The third kappa shape index (κ3) is 4.88. The maximum absolute atomic E-state index is 13.5. The maximum Gasteiger partial charge on any atom is 0.408 e. The highest BCUT2D eigenvalue weighted by molar-refractivity contribution is 7.51. The lowest BCUT2D eigenvalue weighted by molar-refractivity contribution is 0.00754. The minimum Gasteiger partial charge on any atom is -0.380 e. The molecule has 1 aromatic carbocycles. The molecule has 0 aromatic heterocycles. The van der Waals surface area contributed by atoms with E-state index in [9.17, 15) is 4.57 Å². The van der Waals surface area contributed by atoms with Gasteiger partial charge < -0.3 is 10.1 Å². The summed E-state index contributed by atoms with van der Waals surface area (Å²) in [6.45, 7) is 6.40. The summed E-state index contributed by atoms with van der Waals surface area (Å²) in [5.74, 6) is 0. The van der Waals surface area contributed by atoms with Gasteiger partial charge in [0, 0.05) is 20.2 Å². The smallest absolute Gasteiger partial charge is 0.380 e. The molecule has 136 valence electrons. The molecule has 7 heteroatoms. The van der Waals surface area contributed by atoms with Crippen LogP contribution >= 0.6 is 7.75 Å². The number of piperidine rings is 1. The Morgan fingerprint density at radius 3 is 2.46 bits per heavy atom. The number of nitrogens with one attached hydrogen (secondary N) is 1. The van der Waals surface area contributed by atoms with E-state index in [0.717, 1.165) is 18.5 Å². The van der Waals surface area contributed by atoms with Crippen LogP contribution in [0.15, 0.2) is 30.3 Å². The van der Waals surface area contributed by atoms with Gasteiger partial charge in [-0.05, 0) is 32.4 Å². The Labute approximate surface area is 145 Å². The van der Waals surface area contributed by atoms with Gasteiger partial charge in [0.05, 0.1) is 25.4 Å². The lowest BCUT2D eigenvalue weighted by atomic mass is 10.0. The van der Waals surface area contributed by atoms with Crippen LogP contribution in [0, 0.1) is 0 Å². The van der Waals surface area contributed by atoms with Gasteiger partial charge in [-0.15, -0.1) is 0 Å². The molecule has 2 unspecified atom stereocenters. The number of hydrogen-bond donors (Lipinski definition) is 1. The molecule has 6 nitrogen and oxygen atoms in total. The SMILES string of the molecule is CCOP(=O)(OCC)N(Cc1ccccc1)C1CNCCC1OC. The zero-order valence-corrected chi connectivity index (χ0v) is 15.7. The lowest BCUT2D eigenvalue weighted by Crippen LogP contribution is -2.53. The summed E-state index contributed by atoms with van der Waals surface area (Å²) in [7, 11) is -1.70. The van der Waals surface area contributed by atoms with E-state index >= 15 is 0 Å². The zero-order valence-electron chi connectivity index (χ0n) is 14.8. The van der Waals surface area contributed by atoms with E-state index in [0.29, 0.717) is 26.3 Å². The summed E-state index contributed by atoms with van der Waals surface area (Å²) < 4.78 is 32.2. The van der Waals surface area contributed by atoms with Crippen molar-refractivity contribution in [2.24, 2.45) is 0 Å². The fourth-order valence-corrected chi connectivity index (χ4v) is 5.01. The van der Waals surface area contributed by atoms with Gasteiger partial charge in [-0.1, -0.05) is 30.3 Å². The van der Waals surface area contributed by atoms with Crippen molar-refractivity contribution < 1.29 is 18.3 Å². The van der Waals surface area contributed by atoms with Crippen LogP contribution in [0.25, 0.3) is 0 Å². The van der Waals surface area contributed by atoms with E-state index in [2.05, 4.69) is 5.32 Å². The highest BCUT2D eigenvalue weighted by Crippen LogP contribution is 2.54. The van der Waals surface area contributed by atoms with E-state index in [1.807, 2.05) is 48.8 Å². The third-order valence-corrected chi connectivity index (χ3v) is 6.40. The van der Waals surface area contributed by atoms with Gasteiger partial charge in [-0.25, -0.2) is 4.57 Å². The number of nitrogens with zero attached hydrogens (tertiary/aromatic N) is 1. The summed E-state index contributed by atoms with van der Waals surface area (Å²) in [6.07, 6.45) is 0.856. The van der Waals surface area contributed by atoms with Gasteiger partial charge in [-0.2, -0.15) is 4.67 Å². The van der Waals surface area contributed by atoms with E-state index < -0.39 is 7.75 Å². The fourth-order valence-electron chi connectivity index (χ4n) is 3.06. The largest absolute Gasteiger partial charge is 0.408 e. The molecule has 0 radical (unpaired) electrons. The molecule has 0 amide bonds.